The van der Waals surface area contributed by atoms with Crippen LogP contribution in [0.15, 0.2) is 67.0 Å². The summed E-state index contributed by atoms with van der Waals surface area (Å²) in [6, 6.07) is 18.2. The number of aromatic nitrogens is 3. The fourth-order valence-corrected chi connectivity index (χ4v) is 5.31. The van der Waals surface area contributed by atoms with Crippen LogP contribution in [0.25, 0.3) is 16.8 Å². The van der Waals surface area contributed by atoms with Gasteiger partial charge in [0.1, 0.15) is 35.2 Å². The maximum atomic E-state index is 11.0. The molecule has 0 atom stereocenters. The summed E-state index contributed by atoms with van der Waals surface area (Å²) in [5, 5.41) is 6.31. The average Bonchev–Trinajstić information content (AvgIpc) is 3.34. The summed E-state index contributed by atoms with van der Waals surface area (Å²) in [7, 11) is 0. The Balaban J connectivity index is 1.30. The smallest absolute Gasteiger partial charge is 0.216 e. The molecule has 0 saturated heterocycles. The third kappa shape index (κ3) is 6.14. The second kappa shape index (κ2) is 12.1. The molecule has 4 aromatic rings. The molecule has 2 heterocycles. The minimum Gasteiger partial charge on any atom is -0.489 e. The number of hydrogen-bond acceptors (Lipinski definition) is 6. The summed E-state index contributed by atoms with van der Waals surface area (Å²) in [6.07, 6.45) is 8.18. The lowest BCUT2D eigenvalue weighted by atomic mass is 9.81. The summed E-state index contributed by atoms with van der Waals surface area (Å²) < 4.78 is 8.21. The van der Waals surface area contributed by atoms with Gasteiger partial charge < -0.3 is 21.1 Å². The quantitative estimate of drug-likeness (QED) is 0.269. The third-order valence-corrected chi connectivity index (χ3v) is 7.29. The third-order valence-electron chi connectivity index (χ3n) is 7.29. The number of carbonyl (C=O) groups excluding carboxylic acids is 1. The lowest BCUT2D eigenvalue weighted by Crippen LogP contribution is -2.33. The van der Waals surface area contributed by atoms with Crippen molar-refractivity contribution < 1.29 is 9.53 Å². The van der Waals surface area contributed by atoms with Crippen LogP contribution >= 0.6 is 0 Å². The van der Waals surface area contributed by atoms with E-state index < -0.39 is 0 Å². The van der Waals surface area contributed by atoms with Gasteiger partial charge in [-0.25, -0.2) is 9.97 Å². The molecule has 4 N–H and O–H groups in total. The number of hydrogen-bond donors (Lipinski definition) is 3. The fraction of sp³-hybridized carbons (Fsp3) is 0.367. The monoisotopic (exact) mass is 512 g/mol. The van der Waals surface area contributed by atoms with Crippen LogP contribution in [0.4, 0.5) is 5.82 Å². The molecule has 198 valence electrons. The highest BCUT2D eigenvalue weighted by atomic mass is 16.5. The molecule has 1 aliphatic carbocycles. The highest BCUT2D eigenvalue weighted by Crippen LogP contribution is 2.38. The first kappa shape index (κ1) is 25.7. The van der Waals surface area contributed by atoms with E-state index in [-0.39, 0.29) is 5.91 Å². The number of ether oxygens (including phenoxy) is 1. The van der Waals surface area contributed by atoms with Gasteiger partial charge in [-0.15, -0.1) is 0 Å². The van der Waals surface area contributed by atoms with Crippen molar-refractivity contribution in [2.24, 2.45) is 5.92 Å². The SMILES string of the molecule is CC(=O)NCCNCC1CCC(c2nc(-c3cccc(OCc4ccccc4)c3)c3c(N)nccn23)CC1. The molecule has 0 bridgehead atoms. The summed E-state index contributed by atoms with van der Waals surface area (Å²) in [6.45, 7) is 4.50. The molecule has 8 nitrogen and oxygen atoms in total. The van der Waals surface area contributed by atoms with Gasteiger partial charge in [0.25, 0.3) is 0 Å². The molecule has 2 aromatic heterocycles. The minimum absolute atomic E-state index is 0.0147. The van der Waals surface area contributed by atoms with Gasteiger partial charge in [0.05, 0.1) is 0 Å². The predicted octanol–water partition coefficient (Wildman–Crippen LogP) is 4.56. The maximum Gasteiger partial charge on any atom is 0.216 e. The van der Waals surface area contributed by atoms with Crippen molar-refractivity contribution in [1.29, 1.82) is 0 Å². The zero-order valence-corrected chi connectivity index (χ0v) is 21.9. The molecule has 0 aliphatic heterocycles. The van der Waals surface area contributed by atoms with Crippen LogP contribution in [0.5, 0.6) is 5.75 Å². The number of benzene rings is 2. The number of imidazole rings is 1. The highest BCUT2D eigenvalue weighted by molar-refractivity contribution is 5.85. The van der Waals surface area contributed by atoms with Crippen LogP contribution in [-0.4, -0.2) is 39.9 Å². The van der Waals surface area contributed by atoms with Gasteiger partial charge >= 0.3 is 0 Å². The van der Waals surface area contributed by atoms with Crippen molar-refractivity contribution in [3.8, 4) is 17.0 Å². The van der Waals surface area contributed by atoms with E-state index in [1.54, 1.807) is 13.1 Å². The molecule has 2 aromatic carbocycles. The molecular weight excluding hydrogens is 476 g/mol. The second-order valence-electron chi connectivity index (χ2n) is 10.1. The van der Waals surface area contributed by atoms with E-state index in [0.29, 0.717) is 30.8 Å². The Morgan fingerprint density at radius 2 is 1.89 bits per heavy atom. The molecule has 1 amide bonds. The first-order valence-electron chi connectivity index (χ1n) is 13.4. The van der Waals surface area contributed by atoms with Crippen LogP contribution in [0.3, 0.4) is 0 Å². The average molecular weight is 513 g/mol. The number of nitrogens with two attached hydrogens (primary N) is 1. The lowest BCUT2D eigenvalue weighted by Gasteiger charge is -2.28. The number of carbonyl (C=O) groups is 1. The molecular formula is C30H36N6O2. The minimum atomic E-state index is 0.0147. The second-order valence-corrected chi connectivity index (χ2v) is 10.1. The number of amides is 1. The van der Waals surface area contributed by atoms with Gasteiger partial charge in [0.15, 0.2) is 0 Å². The largest absolute Gasteiger partial charge is 0.489 e. The number of nitrogens with one attached hydrogen (secondary N) is 2. The predicted molar refractivity (Wildman–Crippen MR) is 150 cm³/mol. The van der Waals surface area contributed by atoms with E-state index >= 15 is 0 Å². The van der Waals surface area contributed by atoms with Crippen LogP contribution in [0, 0.1) is 5.92 Å². The van der Waals surface area contributed by atoms with Gasteiger partial charge in [-0.05, 0) is 55.8 Å². The van der Waals surface area contributed by atoms with Crippen molar-refractivity contribution in [2.75, 3.05) is 25.4 Å². The Kier molecular flexibility index (Phi) is 8.19. The Hall–Kier alpha value is -3.91. The van der Waals surface area contributed by atoms with Crippen molar-refractivity contribution in [1.82, 2.24) is 25.0 Å². The summed E-state index contributed by atoms with van der Waals surface area (Å²) in [4.78, 5) is 20.6. The van der Waals surface area contributed by atoms with Gasteiger partial charge in [-0.2, -0.15) is 0 Å². The molecule has 8 heteroatoms. The summed E-state index contributed by atoms with van der Waals surface area (Å²) in [5.74, 6) is 3.35. The number of anilines is 1. The van der Waals surface area contributed by atoms with E-state index in [1.807, 2.05) is 42.6 Å². The number of nitrogens with zero attached hydrogens (tertiary/aromatic N) is 3. The zero-order valence-electron chi connectivity index (χ0n) is 21.9. The van der Waals surface area contributed by atoms with Crippen molar-refractivity contribution in [2.45, 2.75) is 45.1 Å². The molecule has 1 saturated carbocycles. The Bertz CT molecular complexity index is 1360. The number of rotatable bonds is 10. The van der Waals surface area contributed by atoms with E-state index in [1.165, 1.54) is 0 Å². The molecule has 0 unspecified atom stereocenters. The molecule has 0 spiro atoms. The first-order chi connectivity index (χ1) is 18.6. The maximum absolute atomic E-state index is 11.0. The molecule has 1 aliphatic rings. The fourth-order valence-electron chi connectivity index (χ4n) is 5.31. The van der Waals surface area contributed by atoms with Gasteiger partial charge in [-0.3, -0.25) is 9.20 Å². The van der Waals surface area contributed by atoms with Crippen LogP contribution < -0.4 is 21.1 Å². The number of fused-ring (bicyclic) bond motifs is 1. The van der Waals surface area contributed by atoms with E-state index in [9.17, 15) is 4.79 Å². The van der Waals surface area contributed by atoms with Crippen molar-refractivity contribution in [3.63, 3.8) is 0 Å². The topological polar surface area (TPSA) is 107 Å². The van der Waals surface area contributed by atoms with Gasteiger partial charge in [0.2, 0.25) is 5.91 Å². The summed E-state index contributed by atoms with van der Waals surface area (Å²) >= 11 is 0. The Morgan fingerprint density at radius 3 is 2.68 bits per heavy atom. The van der Waals surface area contributed by atoms with Gasteiger partial charge in [0, 0.05) is 43.9 Å². The molecule has 5 rings (SSSR count). The molecule has 0 radical (unpaired) electrons. The van der Waals surface area contributed by atoms with Crippen LogP contribution in [-0.2, 0) is 11.4 Å². The highest BCUT2D eigenvalue weighted by Gasteiger charge is 2.27. The Labute approximate surface area is 223 Å². The standard InChI is InChI=1S/C30H36N6O2/c1-21(37)33-15-14-32-19-22-10-12-24(13-11-22)30-35-27(28-29(31)34-16-17-36(28)30)25-8-5-9-26(18-25)38-20-23-6-3-2-4-7-23/h2-9,16-18,22,24,32H,10-15,19-20H2,1H3,(H2,31,34)(H,33,37). The van der Waals surface area contributed by atoms with Crippen molar-refractivity contribution >= 4 is 17.2 Å². The number of nitrogen functional groups attached to an aromatic ring is 1. The van der Waals surface area contributed by atoms with Gasteiger partial charge in [-0.1, -0.05) is 42.5 Å². The molecule has 1 fully saturated rings. The van der Waals surface area contributed by atoms with Crippen LogP contribution in [0.1, 0.15) is 49.9 Å². The van der Waals surface area contributed by atoms with E-state index in [4.69, 9.17) is 15.5 Å². The van der Waals surface area contributed by atoms with E-state index in [2.05, 4.69) is 38.2 Å². The first-order valence-corrected chi connectivity index (χ1v) is 13.4. The Morgan fingerprint density at radius 1 is 1.08 bits per heavy atom. The summed E-state index contributed by atoms with van der Waals surface area (Å²) in [5.41, 5.74) is 10.2. The molecule has 38 heavy (non-hydrogen) atoms. The van der Waals surface area contributed by atoms with E-state index in [0.717, 1.165) is 72.7 Å². The zero-order chi connectivity index (χ0) is 26.3. The normalized spacial score (nSPS) is 17.4. The van der Waals surface area contributed by atoms with Crippen LogP contribution in [0.2, 0.25) is 0 Å². The van der Waals surface area contributed by atoms with Crippen molar-refractivity contribution in [3.05, 3.63) is 78.4 Å². The lowest BCUT2D eigenvalue weighted by molar-refractivity contribution is -0.118.